The second-order valence-electron chi connectivity index (χ2n) is 5.63. The Hall–Kier alpha value is -0.610. The van der Waals surface area contributed by atoms with Crippen LogP contribution in [0.4, 0.5) is 0 Å². The van der Waals surface area contributed by atoms with Crippen LogP contribution in [-0.4, -0.2) is 54.5 Å². The van der Waals surface area contributed by atoms with Crippen LogP contribution in [0.25, 0.3) is 0 Å². The number of nitrogens with two attached hydrogens (primary N) is 1. The average molecular weight is 255 g/mol. The van der Waals surface area contributed by atoms with E-state index in [2.05, 4.69) is 23.8 Å². The normalized spacial score (nSPS) is 23.8. The van der Waals surface area contributed by atoms with Crippen LogP contribution >= 0.6 is 0 Å². The molecule has 0 spiro atoms. The van der Waals surface area contributed by atoms with Gasteiger partial charge in [-0.1, -0.05) is 6.92 Å². The van der Waals surface area contributed by atoms with Crippen LogP contribution in [0.2, 0.25) is 0 Å². The molecule has 0 aromatic carbocycles. The summed E-state index contributed by atoms with van der Waals surface area (Å²) in [7, 11) is 2.15. The van der Waals surface area contributed by atoms with Crippen molar-refractivity contribution in [2.75, 3.05) is 26.7 Å². The van der Waals surface area contributed by atoms with E-state index in [0.717, 1.165) is 45.3 Å². The van der Waals surface area contributed by atoms with Crippen LogP contribution in [0, 0.1) is 0 Å². The van der Waals surface area contributed by atoms with E-state index in [1.807, 2.05) is 6.92 Å². The second kappa shape index (κ2) is 7.74. The van der Waals surface area contributed by atoms with E-state index < -0.39 is 0 Å². The van der Waals surface area contributed by atoms with E-state index in [9.17, 15) is 4.79 Å². The Labute approximate surface area is 111 Å². The summed E-state index contributed by atoms with van der Waals surface area (Å²) in [5, 5.41) is 0. The molecule has 1 rings (SSSR count). The predicted octanol–water partition coefficient (Wildman–Crippen LogP) is 1.45. The number of amides is 1. The van der Waals surface area contributed by atoms with Crippen molar-refractivity contribution < 1.29 is 4.79 Å². The Morgan fingerprint density at radius 3 is 2.78 bits per heavy atom. The Kier molecular flexibility index (Phi) is 6.65. The fraction of sp³-hybridized carbons (Fsp3) is 0.929. The van der Waals surface area contributed by atoms with Crippen LogP contribution in [-0.2, 0) is 4.79 Å². The number of carbonyl (C=O) groups is 1. The Bertz CT molecular complexity index is 255. The van der Waals surface area contributed by atoms with Crippen molar-refractivity contribution in [3.8, 4) is 0 Å². The van der Waals surface area contributed by atoms with Gasteiger partial charge in [-0.25, -0.2) is 0 Å². The average Bonchev–Trinajstić information content (AvgIpc) is 2.49. The van der Waals surface area contributed by atoms with Gasteiger partial charge in [0, 0.05) is 31.6 Å². The molecule has 1 amide bonds. The Morgan fingerprint density at radius 2 is 2.17 bits per heavy atom. The molecule has 1 heterocycles. The largest absolute Gasteiger partial charge is 0.338 e. The number of hydrogen-bond donors (Lipinski definition) is 1. The quantitative estimate of drug-likeness (QED) is 0.809. The van der Waals surface area contributed by atoms with Gasteiger partial charge in [0.15, 0.2) is 0 Å². The topological polar surface area (TPSA) is 49.6 Å². The van der Waals surface area contributed by atoms with Crippen LogP contribution < -0.4 is 5.73 Å². The van der Waals surface area contributed by atoms with E-state index in [-0.39, 0.29) is 6.04 Å². The number of carbonyl (C=O) groups excluding carboxylic acids is 1. The van der Waals surface area contributed by atoms with Gasteiger partial charge in [-0.15, -0.1) is 0 Å². The van der Waals surface area contributed by atoms with Crippen molar-refractivity contribution >= 4 is 5.91 Å². The minimum Gasteiger partial charge on any atom is -0.338 e. The zero-order valence-electron chi connectivity index (χ0n) is 12.2. The summed E-state index contributed by atoms with van der Waals surface area (Å²) in [4.78, 5) is 16.7. The zero-order chi connectivity index (χ0) is 13.5. The lowest BCUT2D eigenvalue weighted by Crippen LogP contribution is -2.43. The van der Waals surface area contributed by atoms with E-state index in [1.54, 1.807) is 0 Å². The lowest BCUT2D eigenvalue weighted by Gasteiger charge is -2.30. The zero-order valence-corrected chi connectivity index (χ0v) is 12.2. The predicted molar refractivity (Wildman–Crippen MR) is 75.4 cm³/mol. The molecule has 1 aliphatic heterocycles. The van der Waals surface area contributed by atoms with Gasteiger partial charge in [0.05, 0.1) is 0 Å². The number of rotatable bonds is 5. The minimum absolute atomic E-state index is 0.204. The smallest absolute Gasteiger partial charge is 0.222 e. The molecular formula is C14H29N3O. The molecule has 2 unspecified atom stereocenters. The first kappa shape index (κ1) is 15.4. The third-order valence-corrected chi connectivity index (χ3v) is 3.74. The first-order valence-corrected chi connectivity index (χ1v) is 7.28. The standard InChI is InChI=1S/C14H29N3O/c1-4-13-11-16(3)9-6-10-17(13)14(18)8-5-7-12(2)15/h12-13H,4-11,15H2,1-3H3. The molecule has 2 N–H and O–H groups in total. The van der Waals surface area contributed by atoms with E-state index in [1.165, 1.54) is 0 Å². The van der Waals surface area contributed by atoms with Crippen molar-refractivity contribution in [3.05, 3.63) is 0 Å². The van der Waals surface area contributed by atoms with Gasteiger partial charge < -0.3 is 15.5 Å². The summed E-state index contributed by atoms with van der Waals surface area (Å²) in [6, 6.07) is 0.593. The summed E-state index contributed by atoms with van der Waals surface area (Å²) >= 11 is 0. The summed E-state index contributed by atoms with van der Waals surface area (Å²) in [5.74, 6) is 0.317. The third kappa shape index (κ3) is 4.94. The van der Waals surface area contributed by atoms with Gasteiger partial charge in [0.2, 0.25) is 5.91 Å². The van der Waals surface area contributed by atoms with Crippen molar-refractivity contribution in [1.82, 2.24) is 9.80 Å². The summed E-state index contributed by atoms with van der Waals surface area (Å²) < 4.78 is 0. The lowest BCUT2D eigenvalue weighted by atomic mass is 10.1. The molecular weight excluding hydrogens is 226 g/mol. The molecule has 106 valence electrons. The lowest BCUT2D eigenvalue weighted by molar-refractivity contribution is -0.133. The molecule has 0 aromatic heterocycles. The number of likely N-dealkylation sites (N-methyl/N-ethyl adjacent to an activating group) is 1. The van der Waals surface area contributed by atoms with E-state index in [4.69, 9.17) is 5.73 Å². The van der Waals surface area contributed by atoms with Gasteiger partial charge in [-0.2, -0.15) is 0 Å². The molecule has 0 aromatic rings. The number of hydrogen-bond acceptors (Lipinski definition) is 3. The molecule has 0 aliphatic carbocycles. The Morgan fingerprint density at radius 1 is 1.44 bits per heavy atom. The molecule has 4 nitrogen and oxygen atoms in total. The van der Waals surface area contributed by atoms with Gasteiger partial charge >= 0.3 is 0 Å². The molecule has 4 heteroatoms. The third-order valence-electron chi connectivity index (χ3n) is 3.74. The SMILES string of the molecule is CCC1CN(C)CCCN1C(=O)CCCC(C)N. The van der Waals surface area contributed by atoms with E-state index in [0.29, 0.717) is 18.4 Å². The molecule has 0 radical (unpaired) electrons. The molecule has 2 atom stereocenters. The molecule has 0 saturated carbocycles. The van der Waals surface area contributed by atoms with Gasteiger partial charge in [-0.3, -0.25) is 4.79 Å². The van der Waals surface area contributed by atoms with Crippen LogP contribution in [0.5, 0.6) is 0 Å². The molecule has 0 bridgehead atoms. The maximum atomic E-state index is 12.3. The van der Waals surface area contributed by atoms with Crippen molar-refractivity contribution in [2.24, 2.45) is 5.73 Å². The fourth-order valence-electron chi connectivity index (χ4n) is 2.64. The Balaban J connectivity index is 2.47. The van der Waals surface area contributed by atoms with Crippen LogP contribution in [0.15, 0.2) is 0 Å². The highest BCUT2D eigenvalue weighted by Crippen LogP contribution is 2.14. The van der Waals surface area contributed by atoms with Crippen molar-refractivity contribution in [3.63, 3.8) is 0 Å². The molecule has 18 heavy (non-hydrogen) atoms. The first-order valence-electron chi connectivity index (χ1n) is 7.28. The van der Waals surface area contributed by atoms with Crippen molar-refractivity contribution in [1.29, 1.82) is 0 Å². The van der Waals surface area contributed by atoms with Crippen molar-refractivity contribution in [2.45, 2.75) is 58.0 Å². The van der Waals surface area contributed by atoms with Crippen LogP contribution in [0.1, 0.15) is 46.0 Å². The molecule has 1 aliphatic rings. The van der Waals surface area contributed by atoms with Gasteiger partial charge in [0.25, 0.3) is 0 Å². The highest BCUT2D eigenvalue weighted by Gasteiger charge is 2.25. The first-order chi connectivity index (χ1) is 8.54. The maximum Gasteiger partial charge on any atom is 0.222 e. The number of nitrogens with zero attached hydrogens (tertiary/aromatic N) is 2. The molecule has 1 saturated heterocycles. The molecule has 1 fully saturated rings. The van der Waals surface area contributed by atoms with Crippen LogP contribution in [0.3, 0.4) is 0 Å². The highest BCUT2D eigenvalue weighted by atomic mass is 16.2. The minimum atomic E-state index is 0.204. The summed E-state index contributed by atoms with van der Waals surface area (Å²) in [6.07, 6.45) is 4.65. The fourth-order valence-corrected chi connectivity index (χ4v) is 2.64. The van der Waals surface area contributed by atoms with Gasteiger partial charge in [-0.05, 0) is 46.2 Å². The monoisotopic (exact) mass is 255 g/mol. The highest BCUT2D eigenvalue weighted by molar-refractivity contribution is 5.76. The van der Waals surface area contributed by atoms with Gasteiger partial charge in [0.1, 0.15) is 0 Å². The second-order valence-corrected chi connectivity index (χ2v) is 5.63. The van der Waals surface area contributed by atoms with E-state index >= 15 is 0 Å². The summed E-state index contributed by atoms with van der Waals surface area (Å²) in [6.45, 7) is 7.20. The summed E-state index contributed by atoms with van der Waals surface area (Å²) in [5.41, 5.74) is 5.72. The maximum absolute atomic E-state index is 12.3.